The topological polar surface area (TPSA) is 57.6 Å². The highest BCUT2D eigenvalue weighted by Gasteiger charge is 2.38. The summed E-state index contributed by atoms with van der Waals surface area (Å²) in [6.45, 7) is 0.758. The molecule has 2 fully saturated rings. The Morgan fingerprint density at radius 2 is 1.75 bits per heavy atom. The molecule has 1 aromatic carbocycles. The Morgan fingerprint density at radius 1 is 1.05 bits per heavy atom. The van der Waals surface area contributed by atoms with Crippen LogP contribution in [-0.4, -0.2) is 34.5 Å². The van der Waals surface area contributed by atoms with Crippen LogP contribution in [0.15, 0.2) is 24.3 Å². The number of nitrogens with zero attached hydrogens (tertiary/aromatic N) is 1. The van der Waals surface area contributed by atoms with Crippen molar-refractivity contribution in [3.05, 3.63) is 35.4 Å². The van der Waals surface area contributed by atoms with Crippen molar-refractivity contribution in [2.45, 2.75) is 38.1 Å². The number of fused-ring (bicyclic) bond motifs is 1. The number of benzene rings is 1. The highest BCUT2D eigenvalue weighted by atomic mass is 16.4. The number of piperidine rings is 1. The summed E-state index contributed by atoms with van der Waals surface area (Å²) in [7, 11) is 0. The van der Waals surface area contributed by atoms with Crippen molar-refractivity contribution < 1.29 is 14.7 Å². The number of hydrogen-bond acceptors (Lipinski definition) is 2. The van der Waals surface area contributed by atoms with E-state index in [1.165, 1.54) is 25.3 Å². The number of carbonyl (C=O) groups is 2. The second kappa shape index (κ2) is 5.27. The van der Waals surface area contributed by atoms with Gasteiger partial charge in [-0.15, -0.1) is 0 Å². The second-order valence-corrected chi connectivity index (χ2v) is 5.75. The lowest BCUT2D eigenvalue weighted by Gasteiger charge is -2.38. The SMILES string of the molecule is O=C(O)c1ccccc1C(=O)N1CCCC2CCCC21. The molecule has 1 aliphatic heterocycles. The zero-order chi connectivity index (χ0) is 14.1. The Morgan fingerprint density at radius 3 is 2.50 bits per heavy atom. The van der Waals surface area contributed by atoms with Gasteiger partial charge in [0, 0.05) is 12.6 Å². The molecule has 3 rings (SSSR count). The van der Waals surface area contributed by atoms with E-state index in [9.17, 15) is 14.7 Å². The first kappa shape index (κ1) is 13.2. The Kier molecular flexibility index (Phi) is 3.47. The molecule has 1 aliphatic carbocycles. The van der Waals surface area contributed by atoms with Crippen LogP contribution >= 0.6 is 0 Å². The fourth-order valence-electron chi connectivity index (χ4n) is 3.72. The monoisotopic (exact) mass is 273 g/mol. The highest BCUT2D eigenvalue weighted by molar-refractivity contribution is 6.04. The first-order valence-corrected chi connectivity index (χ1v) is 7.32. The van der Waals surface area contributed by atoms with Gasteiger partial charge >= 0.3 is 5.97 Å². The number of aromatic carboxylic acids is 1. The van der Waals surface area contributed by atoms with Crippen LogP contribution in [0.2, 0.25) is 0 Å². The lowest BCUT2D eigenvalue weighted by molar-refractivity contribution is 0.0537. The number of carbonyl (C=O) groups excluding carboxylic acids is 1. The maximum absolute atomic E-state index is 12.7. The summed E-state index contributed by atoms with van der Waals surface area (Å²) >= 11 is 0. The highest BCUT2D eigenvalue weighted by Crippen LogP contribution is 2.37. The lowest BCUT2D eigenvalue weighted by Crippen LogP contribution is -2.46. The van der Waals surface area contributed by atoms with E-state index in [0.29, 0.717) is 17.5 Å². The number of hydrogen-bond donors (Lipinski definition) is 1. The Balaban J connectivity index is 1.90. The maximum atomic E-state index is 12.7. The van der Waals surface area contributed by atoms with Gasteiger partial charge in [0.05, 0.1) is 11.1 Å². The van der Waals surface area contributed by atoms with Crippen molar-refractivity contribution in [1.29, 1.82) is 0 Å². The zero-order valence-electron chi connectivity index (χ0n) is 11.4. The van der Waals surface area contributed by atoms with E-state index in [1.807, 2.05) is 4.90 Å². The number of carboxylic acid groups (broad SMARTS) is 1. The van der Waals surface area contributed by atoms with E-state index >= 15 is 0 Å². The van der Waals surface area contributed by atoms with Crippen molar-refractivity contribution >= 4 is 11.9 Å². The third-order valence-corrected chi connectivity index (χ3v) is 4.64. The maximum Gasteiger partial charge on any atom is 0.336 e. The molecule has 0 spiro atoms. The normalized spacial score (nSPS) is 25.3. The van der Waals surface area contributed by atoms with Gasteiger partial charge in [0.25, 0.3) is 5.91 Å². The molecule has 20 heavy (non-hydrogen) atoms. The van der Waals surface area contributed by atoms with Gasteiger partial charge in [0.1, 0.15) is 0 Å². The largest absolute Gasteiger partial charge is 0.478 e. The van der Waals surface area contributed by atoms with Crippen LogP contribution in [0.4, 0.5) is 0 Å². The average Bonchev–Trinajstić information content (AvgIpc) is 2.94. The molecule has 4 nitrogen and oxygen atoms in total. The second-order valence-electron chi connectivity index (χ2n) is 5.75. The van der Waals surface area contributed by atoms with E-state index in [0.717, 1.165) is 19.4 Å². The molecular formula is C16H19NO3. The molecular weight excluding hydrogens is 254 g/mol. The molecule has 1 amide bonds. The number of likely N-dealkylation sites (tertiary alicyclic amines) is 1. The van der Waals surface area contributed by atoms with Crippen molar-refractivity contribution in [2.24, 2.45) is 5.92 Å². The Hall–Kier alpha value is -1.84. The van der Waals surface area contributed by atoms with E-state index < -0.39 is 5.97 Å². The summed E-state index contributed by atoms with van der Waals surface area (Å²) in [6.07, 6.45) is 5.68. The summed E-state index contributed by atoms with van der Waals surface area (Å²) in [5.41, 5.74) is 0.435. The molecule has 0 aromatic heterocycles. The number of rotatable bonds is 2. The third-order valence-electron chi connectivity index (χ3n) is 4.64. The minimum Gasteiger partial charge on any atom is -0.478 e. The molecule has 1 aromatic rings. The van der Waals surface area contributed by atoms with E-state index in [4.69, 9.17) is 0 Å². The molecule has 1 N–H and O–H groups in total. The standard InChI is InChI=1S/C16H19NO3/c18-15(12-7-1-2-8-13(12)16(19)20)17-10-4-6-11-5-3-9-14(11)17/h1-2,7-8,11,14H,3-6,9-10H2,(H,19,20). The van der Waals surface area contributed by atoms with Gasteiger partial charge in [0.2, 0.25) is 0 Å². The van der Waals surface area contributed by atoms with Gasteiger partial charge in [-0.05, 0) is 43.7 Å². The first-order valence-electron chi connectivity index (χ1n) is 7.32. The van der Waals surface area contributed by atoms with Crippen LogP contribution < -0.4 is 0 Å². The Labute approximate surface area is 118 Å². The molecule has 106 valence electrons. The predicted molar refractivity (Wildman–Crippen MR) is 74.8 cm³/mol. The van der Waals surface area contributed by atoms with Gasteiger partial charge in [0.15, 0.2) is 0 Å². The van der Waals surface area contributed by atoms with Gasteiger partial charge in [-0.3, -0.25) is 4.79 Å². The lowest BCUT2D eigenvalue weighted by atomic mass is 9.91. The van der Waals surface area contributed by atoms with Crippen molar-refractivity contribution in [2.75, 3.05) is 6.54 Å². The summed E-state index contributed by atoms with van der Waals surface area (Å²) in [6, 6.07) is 6.85. The molecule has 1 heterocycles. The fourth-order valence-corrected chi connectivity index (χ4v) is 3.72. The van der Waals surface area contributed by atoms with Gasteiger partial charge in [-0.1, -0.05) is 18.6 Å². The molecule has 2 atom stereocenters. The van der Waals surface area contributed by atoms with Gasteiger partial charge < -0.3 is 10.0 Å². The van der Waals surface area contributed by atoms with E-state index in [2.05, 4.69) is 0 Å². The minimum atomic E-state index is -1.03. The van der Waals surface area contributed by atoms with Gasteiger partial charge in [-0.2, -0.15) is 0 Å². The Bertz CT molecular complexity index is 540. The molecule has 2 unspecified atom stereocenters. The average molecular weight is 273 g/mol. The summed E-state index contributed by atoms with van der Waals surface area (Å²) < 4.78 is 0. The van der Waals surface area contributed by atoms with Crippen LogP contribution in [0.3, 0.4) is 0 Å². The van der Waals surface area contributed by atoms with Gasteiger partial charge in [-0.25, -0.2) is 4.79 Å². The summed E-state index contributed by atoms with van der Waals surface area (Å²) in [5.74, 6) is -0.529. The number of amides is 1. The third kappa shape index (κ3) is 2.19. The van der Waals surface area contributed by atoms with Crippen LogP contribution in [0.1, 0.15) is 52.8 Å². The molecule has 4 heteroatoms. The molecule has 1 saturated carbocycles. The van der Waals surface area contributed by atoms with Crippen LogP contribution in [-0.2, 0) is 0 Å². The molecule has 1 saturated heterocycles. The predicted octanol–water partition coefficient (Wildman–Crippen LogP) is 2.79. The van der Waals surface area contributed by atoms with E-state index in [1.54, 1.807) is 18.2 Å². The summed E-state index contributed by atoms with van der Waals surface area (Å²) in [4.78, 5) is 25.9. The van der Waals surface area contributed by atoms with E-state index in [-0.39, 0.29) is 11.5 Å². The number of carboxylic acids is 1. The van der Waals surface area contributed by atoms with Crippen LogP contribution in [0.25, 0.3) is 0 Å². The molecule has 2 aliphatic rings. The fraction of sp³-hybridized carbons (Fsp3) is 0.500. The van der Waals surface area contributed by atoms with Crippen molar-refractivity contribution in [1.82, 2.24) is 4.90 Å². The van der Waals surface area contributed by atoms with Crippen LogP contribution in [0.5, 0.6) is 0 Å². The minimum absolute atomic E-state index is 0.109. The summed E-state index contributed by atoms with van der Waals surface area (Å²) in [5, 5.41) is 9.23. The van der Waals surface area contributed by atoms with Crippen LogP contribution in [0, 0.1) is 5.92 Å². The first-order chi connectivity index (χ1) is 9.68. The quantitative estimate of drug-likeness (QED) is 0.901. The van der Waals surface area contributed by atoms with Crippen molar-refractivity contribution in [3.63, 3.8) is 0 Å². The molecule has 0 radical (unpaired) electrons. The smallest absolute Gasteiger partial charge is 0.336 e. The molecule has 0 bridgehead atoms. The zero-order valence-corrected chi connectivity index (χ0v) is 11.4. The van der Waals surface area contributed by atoms with Crippen molar-refractivity contribution in [3.8, 4) is 0 Å².